The zero-order valence-corrected chi connectivity index (χ0v) is 21.4. The molecule has 1 aromatic heterocycles. The van der Waals surface area contributed by atoms with E-state index >= 15 is 0 Å². The average molecular weight is 514 g/mol. The number of thiazole rings is 1. The summed E-state index contributed by atoms with van der Waals surface area (Å²) in [5.74, 6) is -3.22. The molecule has 1 aliphatic heterocycles. The molecule has 1 saturated heterocycles. The molecular formula is C25H28ClN5O3S. The summed E-state index contributed by atoms with van der Waals surface area (Å²) in [4.78, 5) is 45.4. The minimum Gasteiger partial charge on any atom is -0.352 e. The number of carbonyl (C=O) groups is 3. The lowest BCUT2D eigenvalue weighted by Gasteiger charge is -2.39. The van der Waals surface area contributed by atoms with Crippen LogP contribution in [-0.2, 0) is 20.9 Å². The highest BCUT2D eigenvalue weighted by Gasteiger charge is 2.45. The second-order valence-corrected chi connectivity index (χ2v) is 10.2. The lowest BCUT2D eigenvalue weighted by atomic mass is 10.0. The SMILES string of the molecule is CCC(CC)NC(=O)C1C(=O)NC(Nc2ccc3nc(C)sc3c2)N(Cc2ccc(Cl)cc2)C1=O. The van der Waals surface area contributed by atoms with Gasteiger partial charge in [-0.05, 0) is 55.7 Å². The van der Waals surface area contributed by atoms with Crippen molar-refractivity contribution in [1.29, 1.82) is 0 Å². The van der Waals surface area contributed by atoms with Crippen LogP contribution in [0.15, 0.2) is 42.5 Å². The van der Waals surface area contributed by atoms with Gasteiger partial charge in [0.15, 0.2) is 12.2 Å². The number of hydrogen-bond acceptors (Lipinski definition) is 6. The number of nitrogens with zero attached hydrogens (tertiary/aromatic N) is 2. The molecular weight excluding hydrogens is 486 g/mol. The van der Waals surface area contributed by atoms with Gasteiger partial charge in [0.1, 0.15) is 0 Å². The number of hydrogen-bond donors (Lipinski definition) is 3. The van der Waals surface area contributed by atoms with Gasteiger partial charge in [-0.25, -0.2) is 4.98 Å². The molecule has 0 spiro atoms. The van der Waals surface area contributed by atoms with Gasteiger partial charge in [0.05, 0.1) is 15.2 Å². The highest BCUT2D eigenvalue weighted by molar-refractivity contribution is 7.18. The number of aryl methyl sites for hydroxylation is 1. The molecule has 0 radical (unpaired) electrons. The molecule has 1 fully saturated rings. The molecule has 35 heavy (non-hydrogen) atoms. The van der Waals surface area contributed by atoms with Crippen LogP contribution in [0.4, 0.5) is 5.69 Å². The van der Waals surface area contributed by atoms with Crippen molar-refractivity contribution in [3.05, 3.63) is 58.1 Å². The third-order valence-corrected chi connectivity index (χ3v) is 7.23. The summed E-state index contributed by atoms with van der Waals surface area (Å²) in [6.07, 6.45) is 0.584. The molecule has 4 rings (SSSR count). The summed E-state index contributed by atoms with van der Waals surface area (Å²) in [5, 5.41) is 10.4. The maximum Gasteiger partial charge on any atom is 0.248 e. The van der Waals surface area contributed by atoms with Crippen LogP contribution in [0, 0.1) is 12.8 Å². The molecule has 3 amide bonds. The summed E-state index contributed by atoms with van der Waals surface area (Å²) >= 11 is 7.59. The van der Waals surface area contributed by atoms with E-state index in [4.69, 9.17) is 11.6 Å². The van der Waals surface area contributed by atoms with E-state index in [1.807, 2.05) is 51.1 Å². The Hall–Kier alpha value is -3.17. The second-order valence-electron chi connectivity index (χ2n) is 8.52. The van der Waals surface area contributed by atoms with Crippen LogP contribution in [0.25, 0.3) is 10.2 Å². The Bertz CT molecular complexity index is 1240. The Morgan fingerprint density at radius 1 is 1.17 bits per heavy atom. The number of fused-ring (bicyclic) bond motifs is 1. The fourth-order valence-corrected chi connectivity index (χ4v) is 5.06. The highest BCUT2D eigenvalue weighted by atomic mass is 35.5. The Morgan fingerprint density at radius 3 is 2.57 bits per heavy atom. The molecule has 2 atom stereocenters. The van der Waals surface area contributed by atoms with E-state index in [0.717, 1.165) is 26.5 Å². The molecule has 184 valence electrons. The third-order valence-electron chi connectivity index (χ3n) is 6.04. The number of carbonyl (C=O) groups excluding carboxylic acids is 3. The maximum atomic E-state index is 13.6. The predicted molar refractivity (Wildman–Crippen MR) is 138 cm³/mol. The number of benzene rings is 2. The van der Waals surface area contributed by atoms with Gasteiger partial charge in [0.2, 0.25) is 17.7 Å². The number of anilines is 1. The molecule has 8 nitrogen and oxygen atoms in total. The normalized spacial score (nSPS) is 18.1. The van der Waals surface area contributed by atoms with Crippen LogP contribution < -0.4 is 16.0 Å². The van der Waals surface area contributed by atoms with E-state index in [0.29, 0.717) is 17.9 Å². The minimum absolute atomic E-state index is 0.0988. The van der Waals surface area contributed by atoms with Crippen LogP contribution in [-0.4, -0.2) is 39.9 Å². The van der Waals surface area contributed by atoms with Crippen molar-refractivity contribution in [2.75, 3.05) is 5.32 Å². The third kappa shape index (κ3) is 5.57. The van der Waals surface area contributed by atoms with Crippen molar-refractivity contribution in [3.63, 3.8) is 0 Å². The molecule has 3 aromatic rings. The predicted octanol–water partition coefficient (Wildman–Crippen LogP) is 4.03. The molecule has 0 aliphatic carbocycles. The fourth-order valence-electron chi connectivity index (χ4n) is 4.07. The first kappa shape index (κ1) is 24.9. The van der Waals surface area contributed by atoms with Gasteiger partial charge < -0.3 is 16.0 Å². The summed E-state index contributed by atoms with van der Waals surface area (Å²) in [5.41, 5.74) is 2.43. The number of rotatable bonds is 8. The van der Waals surface area contributed by atoms with E-state index in [9.17, 15) is 14.4 Å². The van der Waals surface area contributed by atoms with Gasteiger partial charge in [-0.1, -0.05) is 37.6 Å². The molecule has 2 unspecified atom stereocenters. The first-order chi connectivity index (χ1) is 16.8. The molecule has 1 aliphatic rings. The van der Waals surface area contributed by atoms with Crippen LogP contribution in [0.2, 0.25) is 5.02 Å². The lowest BCUT2D eigenvalue weighted by Crippen LogP contribution is -2.66. The number of aromatic nitrogens is 1. The summed E-state index contributed by atoms with van der Waals surface area (Å²) in [6.45, 7) is 6.03. The van der Waals surface area contributed by atoms with Crippen molar-refractivity contribution in [1.82, 2.24) is 20.5 Å². The van der Waals surface area contributed by atoms with Gasteiger partial charge in [-0.15, -0.1) is 11.3 Å². The van der Waals surface area contributed by atoms with Gasteiger partial charge in [-0.3, -0.25) is 19.3 Å². The molecule has 0 bridgehead atoms. The highest BCUT2D eigenvalue weighted by Crippen LogP contribution is 2.26. The lowest BCUT2D eigenvalue weighted by molar-refractivity contribution is -0.156. The zero-order valence-electron chi connectivity index (χ0n) is 19.8. The van der Waals surface area contributed by atoms with Gasteiger partial charge >= 0.3 is 0 Å². The van der Waals surface area contributed by atoms with Gasteiger partial charge in [0, 0.05) is 23.3 Å². The van der Waals surface area contributed by atoms with E-state index < -0.39 is 29.9 Å². The summed E-state index contributed by atoms with van der Waals surface area (Å²) in [6, 6.07) is 12.7. The zero-order chi connectivity index (χ0) is 25.1. The van der Waals surface area contributed by atoms with E-state index in [2.05, 4.69) is 20.9 Å². The van der Waals surface area contributed by atoms with Gasteiger partial charge in [-0.2, -0.15) is 0 Å². The van der Waals surface area contributed by atoms with Crippen molar-refractivity contribution in [3.8, 4) is 0 Å². The monoisotopic (exact) mass is 513 g/mol. The summed E-state index contributed by atoms with van der Waals surface area (Å²) < 4.78 is 0.993. The van der Waals surface area contributed by atoms with Crippen molar-refractivity contribution < 1.29 is 14.4 Å². The number of halogens is 1. The van der Waals surface area contributed by atoms with Crippen LogP contribution in [0.1, 0.15) is 37.3 Å². The van der Waals surface area contributed by atoms with Gasteiger partial charge in [0.25, 0.3) is 0 Å². The van der Waals surface area contributed by atoms with Crippen molar-refractivity contribution >= 4 is 56.6 Å². The number of nitrogens with one attached hydrogen (secondary N) is 3. The molecule has 2 heterocycles. The Morgan fingerprint density at radius 2 is 1.89 bits per heavy atom. The minimum atomic E-state index is -1.45. The topological polar surface area (TPSA) is 103 Å². The Kier molecular flexibility index (Phi) is 7.57. The molecule has 0 saturated carbocycles. The maximum absolute atomic E-state index is 13.6. The van der Waals surface area contributed by atoms with Crippen LogP contribution >= 0.6 is 22.9 Å². The van der Waals surface area contributed by atoms with Crippen molar-refractivity contribution in [2.45, 2.75) is 52.5 Å². The fraction of sp³-hybridized carbons (Fsp3) is 0.360. The van der Waals surface area contributed by atoms with E-state index in [-0.39, 0.29) is 12.6 Å². The smallest absolute Gasteiger partial charge is 0.248 e. The van der Waals surface area contributed by atoms with E-state index in [1.54, 1.807) is 23.5 Å². The first-order valence-electron chi connectivity index (χ1n) is 11.6. The Labute approximate surface area is 213 Å². The quantitative estimate of drug-likeness (QED) is 0.394. The van der Waals surface area contributed by atoms with Crippen LogP contribution in [0.3, 0.4) is 0 Å². The largest absolute Gasteiger partial charge is 0.352 e. The Balaban J connectivity index is 1.62. The standard InChI is InChI=1S/C25H28ClN5O3S/c1-4-17(5-2)28-22(32)21-23(33)30-25(29-18-10-11-19-20(12-18)35-14(3)27-19)31(24(21)34)13-15-6-8-16(26)9-7-15/h6-12,17,21,25,29H,4-5,13H2,1-3H3,(H,28,32)(H,30,33). The average Bonchev–Trinajstić information content (AvgIpc) is 3.20. The van der Waals surface area contributed by atoms with Crippen LogP contribution in [0.5, 0.6) is 0 Å². The van der Waals surface area contributed by atoms with E-state index in [1.165, 1.54) is 4.90 Å². The summed E-state index contributed by atoms with van der Waals surface area (Å²) in [7, 11) is 0. The molecule has 2 aromatic carbocycles. The second kappa shape index (κ2) is 10.6. The number of amides is 3. The molecule has 3 N–H and O–H groups in total. The van der Waals surface area contributed by atoms with Crippen molar-refractivity contribution in [2.24, 2.45) is 5.92 Å². The molecule has 10 heteroatoms. The first-order valence-corrected chi connectivity index (χ1v) is 12.8.